The molecule has 4 unspecified atom stereocenters. The normalized spacial score (nSPS) is 28.2. The van der Waals surface area contributed by atoms with Gasteiger partial charge in [-0.05, 0) is 30.3 Å². The summed E-state index contributed by atoms with van der Waals surface area (Å²) in [6.45, 7) is 6.51. The number of esters is 1. The zero-order chi connectivity index (χ0) is 19.7. The summed E-state index contributed by atoms with van der Waals surface area (Å²) in [6.07, 6.45) is 0.590. The Morgan fingerprint density at radius 3 is 2.33 bits per heavy atom. The maximum absolute atomic E-state index is 13.0. The fraction of sp³-hybridized carbons (Fsp3) is 0.650. The highest BCUT2D eigenvalue weighted by molar-refractivity contribution is 7.91. The molecule has 0 bridgehead atoms. The molecule has 1 heterocycles. The first-order valence-corrected chi connectivity index (χ1v) is 14.2. The Hall–Kier alpha value is -1.18. The van der Waals surface area contributed by atoms with Crippen molar-refractivity contribution in [1.29, 1.82) is 0 Å². The fourth-order valence-electron chi connectivity index (χ4n) is 4.62. The maximum Gasteiger partial charge on any atom is 0.306 e. The molecule has 1 aromatic rings. The Kier molecular flexibility index (Phi) is 6.13. The van der Waals surface area contributed by atoms with E-state index in [9.17, 15) is 13.2 Å². The highest BCUT2D eigenvalue weighted by Crippen LogP contribution is 2.45. The molecule has 27 heavy (non-hydrogen) atoms. The van der Waals surface area contributed by atoms with Gasteiger partial charge in [-0.1, -0.05) is 39.0 Å². The van der Waals surface area contributed by atoms with Crippen LogP contribution in [-0.4, -0.2) is 40.7 Å². The van der Waals surface area contributed by atoms with Crippen molar-refractivity contribution in [3.05, 3.63) is 30.3 Å². The Morgan fingerprint density at radius 2 is 1.74 bits per heavy atom. The van der Waals surface area contributed by atoms with E-state index in [1.807, 2.05) is 6.07 Å². The molecule has 1 aliphatic heterocycles. The molecule has 7 heteroatoms. The van der Waals surface area contributed by atoms with Gasteiger partial charge in [0.1, 0.15) is 6.10 Å². The van der Waals surface area contributed by atoms with Gasteiger partial charge in [-0.15, -0.1) is 0 Å². The molecule has 2 aliphatic rings. The lowest BCUT2D eigenvalue weighted by Gasteiger charge is -2.35. The van der Waals surface area contributed by atoms with Crippen LogP contribution in [0.3, 0.4) is 0 Å². The third-order valence-corrected chi connectivity index (χ3v) is 13.0. The van der Waals surface area contributed by atoms with Crippen molar-refractivity contribution in [2.24, 2.45) is 11.8 Å². The zero-order valence-electron chi connectivity index (χ0n) is 16.4. The Balaban J connectivity index is 1.86. The predicted octanol–water partition coefficient (Wildman–Crippen LogP) is 3.80. The summed E-state index contributed by atoms with van der Waals surface area (Å²) in [6, 6.07) is 11.6. The number of ether oxygens (including phenoxy) is 1. The number of fused-ring (bicyclic) bond motifs is 1. The minimum absolute atomic E-state index is 0.0150. The molecular formula is C20H30O5SSi. The highest BCUT2D eigenvalue weighted by atomic mass is 32.2. The summed E-state index contributed by atoms with van der Waals surface area (Å²) in [5, 5.41) is 0. The molecule has 0 aromatic heterocycles. The Bertz CT molecular complexity index is 752. The summed E-state index contributed by atoms with van der Waals surface area (Å²) in [4.78, 5) is 12.1. The van der Waals surface area contributed by atoms with E-state index >= 15 is 0 Å². The van der Waals surface area contributed by atoms with Gasteiger partial charge in [0, 0.05) is 18.3 Å². The van der Waals surface area contributed by atoms with Gasteiger partial charge in [-0.2, -0.15) is 0 Å². The van der Waals surface area contributed by atoms with Gasteiger partial charge in [-0.25, -0.2) is 8.42 Å². The number of hydrogen-bond acceptors (Lipinski definition) is 5. The van der Waals surface area contributed by atoms with Gasteiger partial charge in [0.05, 0.1) is 23.2 Å². The molecule has 0 N–H and O–H groups in total. The van der Waals surface area contributed by atoms with E-state index in [4.69, 9.17) is 9.16 Å². The van der Waals surface area contributed by atoms with E-state index in [0.717, 1.165) is 18.1 Å². The largest absolute Gasteiger partial charge is 0.462 e. The van der Waals surface area contributed by atoms with Crippen LogP contribution in [0.5, 0.6) is 0 Å². The number of carbonyl (C=O) groups is 1. The highest BCUT2D eigenvalue weighted by Gasteiger charge is 2.53. The van der Waals surface area contributed by atoms with Crippen molar-refractivity contribution in [3.8, 4) is 0 Å². The van der Waals surface area contributed by atoms with E-state index in [0.29, 0.717) is 17.7 Å². The van der Waals surface area contributed by atoms with Crippen molar-refractivity contribution >= 4 is 24.1 Å². The second-order valence-corrected chi connectivity index (χ2v) is 14.5. The molecule has 0 amide bonds. The van der Waals surface area contributed by atoms with Crippen LogP contribution in [0, 0.1) is 11.8 Å². The Labute approximate surface area is 163 Å². The third kappa shape index (κ3) is 4.15. The lowest BCUT2D eigenvalue weighted by atomic mass is 9.94. The molecule has 0 spiro atoms. The van der Waals surface area contributed by atoms with Crippen LogP contribution in [0.2, 0.25) is 18.1 Å². The smallest absolute Gasteiger partial charge is 0.306 e. The first-order valence-electron chi connectivity index (χ1n) is 9.99. The lowest BCUT2D eigenvalue weighted by Crippen LogP contribution is -2.43. The topological polar surface area (TPSA) is 69.7 Å². The van der Waals surface area contributed by atoms with Crippen molar-refractivity contribution in [3.63, 3.8) is 0 Å². The molecule has 1 saturated heterocycles. The van der Waals surface area contributed by atoms with Crippen LogP contribution in [-0.2, 0) is 23.8 Å². The number of sulfone groups is 1. The second-order valence-electron chi connectivity index (χ2n) is 7.79. The summed E-state index contributed by atoms with van der Waals surface area (Å²) in [5.41, 5.74) is 0. The summed E-state index contributed by atoms with van der Waals surface area (Å²) in [5.74, 6) is -0.446. The maximum atomic E-state index is 13.0. The molecule has 1 aliphatic carbocycles. The third-order valence-electron chi connectivity index (χ3n) is 6.50. The van der Waals surface area contributed by atoms with Crippen molar-refractivity contribution in [1.82, 2.24) is 0 Å². The van der Waals surface area contributed by atoms with Crippen LogP contribution >= 0.6 is 0 Å². The SMILES string of the molecule is CC[Si](CC)(CC)OC1CC2OC(=O)CC2C1CS(=O)(=O)c1ccccc1. The van der Waals surface area contributed by atoms with E-state index in [-0.39, 0.29) is 35.8 Å². The van der Waals surface area contributed by atoms with E-state index in [1.54, 1.807) is 24.3 Å². The molecular weight excluding hydrogens is 380 g/mol. The fourth-order valence-corrected chi connectivity index (χ4v) is 9.27. The summed E-state index contributed by atoms with van der Waals surface area (Å²) < 4.78 is 38.2. The summed E-state index contributed by atoms with van der Waals surface area (Å²) >= 11 is 0. The van der Waals surface area contributed by atoms with Gasteiger partial charge < -0.3 is 9.16 Å². The average molecular weight is 411 g/mol. The molecule has 3 rings (SSSR count). The molecule has 150 valence electrons. The molecule has 1 saturated carbocycles. The summed E-state index contributed by atoms with van der Waals surface area (Å²) in [7, 11) is -5.32. The van der Waals surface area contributed by atoms with Crippen molar-refractivity contribution in [2.75, 3.05) is 5.75 Å². The number of benzene rings is 1. The van der Waals surface area contributed by atoms with Gasteiger partial charge in [0.2, 0.25) is 0 Å². The van der Waals surface area contributed by atoms with Crippen molar-refractivity contribution < 1.29 is 22.4 Å². The quantitative estimate of drug-likeness (QED) is 0.481. The van der Waals surface area contributed by atoms with E-state index in [2.05, 4.69) is 20.8 Å². The monoisotopic (exact) mass is 410 g/mol. The van der Waals surface area contributed by atoms with Gasteiger partial charge in [0.15, 0.2) is 18.2 Å². The first-order chi connectivity index (χ1) is 12.8. The average Bonchev–Trinajstić information content (AvgIpc) is 3.17. The van der Waals surface area contributed by atoms with Gasteiger partial charge in [-0.3, -0.25) is 4.79 Å². The first kappa shape index (κ1) is 20.5. The molecule has 2 fully saturated rings. The molecule has 5 nitrogen and oxygen atoms in total. The molecule has 1 aromatic carbocycles. The van der Waals surface area contributed by atoms with E-state index < -0.39 is 18.2 Å². The van der Waals surface area contributed by atoms with Crippen LogP contribution in [0.25, 0.3) is 0 Å². The van der Waals surface area contributed by atoms with Crippen molar-refractivity contribution in [2.45, 2.75) is 68.8 Å². The molecule has 0 radical (unpaired) electrons. The predicted molar refractivity (Wildman–Crippen MR) is 107 cm³/mol. The number of rotatable bonds is 8. The van der Waals surface area contributed by atoms with Gasteiger partial charge in [0.25, 0.3) is 0 Å². The second kappa shape index (κ2) is 8.05. The standard InChI is InChI=1S/C20H30O5SSi/c1-4-27(5-2,6-3)25-19-13-18-16(12-20(21)24-18)17(19)14-26(22,23)15-10-8-7-9-11-15/h7-11,16-19H,4-6,12-14H2,1-3H3. The van der Waals surface area contributed by atoms with Crippen LogP contribution in [0.4, 0.5) is 0 Å². The minimum Gasteiger partial charge on any atom is -0.462 e. The van der Waals surface area contributed by atoms with Gasteiger partial charge >= 0.3 is 5.97 Å². The lowest BCUT2D eigenvalue weighted by molar-refractivity contribution is -0.141. The van der Waals surface area contributed by atoms with E-state index in [1.165, 1.54) is 0 Å². The van der Waals surface area contributed by atoms with Crippen LogP contribution in [0.1, 0.15) is 33.6 Å². The number of carbonyl (C=O) groups excluding carboxylic acids is 1. The Morgan fingerprint density at radius 1 is 1.11 bits per heavy atom. The molecule has 4 atom stereocenters. The number of hydrogen-bond donors (Lipinski definition) is 0. The van der Waals surface area contributed by atoms with Crippen LogP contribution in [0.15, 0.2) is 35.2 Å². The zero-order valence-corrected chi connectivity index (χ0v) is 18.2. The van der Waals surface area contributed by atoms with Crippen LogP contribution < -0.4 is 0 Å². The minimum atomic E-state index is -3.44.